The average Bonchev–Trinajstić information content (AvgIpc) is 2.22. The quantitative estimate of drug-likeness (QED) is 0.415. The Bertz CT molecular complexity index is 195. The Kier molecular flexibility index (Phi) is 9.53. The summed E-state index contributed by atoms with van der Waals surface area (Å²) in [5.74, 6) is 0.0705. The highest BCUT2D eigenvalue weighted by Gasteiger charge is 1.98. The van der Waals surface area contributed by atoms with Crippen molar-refractivity contribution in [2.75, 3.05) is 19.8 Å². The molecule has 0 bridgehead atoms. The van der Waals surface area contributed by atoms with Crippen LogP contribution < -0.4 is 0 Å². The number of hydrogen-bond acceptors (Lipinski definition) is 3. The summed E-state index contributed by atoms with van der Waals surface area (Å²) in [6.07, 6.45) is 11.2. The zero-order chi connectivity index (χ0) is 10.6. The Labute approximate surface area is 84.7 Å². The third-order valence-corrected chi connectivity index (χ3v) is 1.68. The van der Waals surface area contributed by atoms with Crippen molar-refractivity contribution >= 4 is 0 Å². The lowest BCUT2D eigenvalue weighted by Gasteiger charge is -2.03. The van der Waals surface area contributed by atoms with Crippen molar-refractivity contribution in [2.45, 2.75) is 6.42 Å². The van der Waals surface area contributed by atoms with Gasteiger partial charge in [-0.3, -0.25) is 0 Å². The molecule has 80 valence electrons. The molecule has 3 N–H and O–H groups in total. The largest absolute Gasteiger partial charge is 0.396 e. The molecule has 0 saturated carbocycles. The lowest BCUT2D eigenvalue weighted by Crippen LogP contribution is -2.00. The van der Waals surface area contributed by atoms with Gasteiger partial charge in [0.2, 0.25) is 0 Å². The Morgan fingerprint density at radius 1 is 0.857 bits per heavy atom. The van der Waals surface area contributed by atoms with Gasteiger partial charge in [-0.2, -0.15) is 0 Å². The fourth-order valence-corrected chi connectivity index (χ4v) is 0.920. The molecule has 1 atom stereocenters. The van der Waals surface area contributed by atoms with E-state index in [4.69, 9.17) is 15.3 Å². The van der Waals surface area contributed by atoms with E-state index >= 15 is 0 Å². The van der Waals surface area contributed by atoms with Crippen molar-refractivity contribution < 1.29 is 15.3 Å². The first kappa shape index (κ1) is 13.1. The van der Waals surface area contributed by atoms with Crippen molar-refractivity contribution in [3.05, 3.63) is 36.5 Å². The van der Waals surface area contributed by atoms with Crippen LogP contribution in [0.5, 0.6) is 0 Å². The van der Waals surface area contributed by atoms with Gasteiger partial charge in [0.25, 0.3) is 0 Å². The number of aliphatic hydroxyl groups is 3. The zero-order valence-corrected chi connectivity index (χ0v) is 8.21. The molecule has 0 saturated heterocycles. The molecule has 0 aromatic carbocycles. The van der Waals surface area contributed by atoms with Crippen molar-refractivity contribution in [1.82, 2.24) is 0 Å². The molecule has 3 heteroatoms. The molecule has 0 spiro atoms. The highest BCUT2D eigenvalue weighted by Crippen LogP contribution is 2.05. The maximum Gasteiger partial charge on any atom is 0.0615 e. The van der Waals surface area contributed by atoms with Gasteiger partial charge in [-0.1, -0.05) is 36.5 Å². The second kappa shape index (κ2) is 10.2. The minimum absolute atomic E-state index is 0.0263. The van der Waals surface area contributed by atoms with E-state index in [1.807, 2.05) is 12.2 Å². The molecule has 0 aliphatic rings. The highest BCUT2D eigenvalue weighted by molar-refractivity contribution is 5.05. The molecule has 0 radical (unpaired) electrons. The van der Waals surface area contributed by atoms with E-state index in [9.17, 15) is 0 Å². The van der Waals surface area contributed by atoms with Gasteiger partial charge in [0.1, 0.15) is 0 Å². The van der Waals surface area contributed by atoms with E-state index in [-0.39, 0.29) is 25.7 Å². The van der Waals surface area contributed by atoms with E-state index in [0.717, 1.165) is 0 Å². The third-order valence-electron chi connectivity index (χ3n) is 1.68. The average molecular weight is 198 g/mol. The van der Waals surface area contributed by atoms with Crippen LogP contribution in [0.25, 0.3) is 0 Å². The van der Waals surface area contributed by atoms with Crippen molar-refractivity contribution in [1.29, 1.82) is 0 Å². The molecule has 0 rings (SSSR count). The summed E-state index contributed by atoms with van der Waals surface area (Å²) in [5.41, 5.74) is 0. The summed E-state index contributed by atoms with van der Waals surface area (Å²) in [7, 11) is 0. The maximum absolute atomic E-state index is 8.96. The van der Waals surface area contributed by atoms with Crippen LogP contribution in [0.3, 0.4) is 0 Å². The van der Waals surface area contributed by atoms with Crippen LogP contribution in [-0.2, 0) is 0 Å². The van der Waals surface area contributed by atoms with Gasteiger partial charge in [-0.25, -0.2) is 0 Å². The van der Waals surface area contributed by atoms with Gasteiger partial charge >= 0.3 is 0 Å². The Balaban J connectivity index is 3.83. The minimum atomic E-state index is 0.0263. The standard InChI is InChI=1S/C11H18O3/c12-8-4-1-2-6-11(10-14)7-3-5-9-13/h1-6,11-14H,7-10H2. The highest BCUT2D eigenvalue weighted by atomic mass is 16.3. The van der Waals surface area contributed by atoms with Crippen molar-refractivity contribution in [3.8, 4) is 0 Å². The Morgan fingerprint density at radius 3 is 2.14 bits per heavy atom. The molecule has 0 aromatic rings. The smallest absolute Gasteiger partial charge is 0.0615 e. The topological polar surface area (TPSA) is 60.7 Å². The molecular weight excluding hydrogens is 180 g/mol. The molecule has 3 nitrogen and oxygen atoms in total. The molecule has 1 unspecified atom stereocenters. The summed E-state index contributed by atoms with van der Waals surface area (Å²) >= 11 is 0. The van der Waals surface area contributed by atoms with Gasteiger partial charge in [0.15, 0.2) is 0 Å². The van der Waals surface area contributed by atoms with E-state index in [2.05, 4.69) is 0 Å². The van der Waals surface area contributed by atoms with E-state index in [1.165, 1.54) is 0 Å². The van der Waals surface area contributed by atoms with Crippen LogP contribution >= 0.6 is 0 Å². The van der Waals surface area contributed by atoms with E-state index < -0.39 is 0 Å². The van der Waals surface area contributed by atoms with Gasteiger partial charge in [0.05, 0.1) is 13.2 Å². The van der Waals surface area contributed by atoms with Crippen LogP contribution in [0, 0.1) is 5.92 Å². The fraction of sp³-hybridized carbons (Fsp3) is 0.455. The summed E-state index contributed by atoms with van der Waals surface area (Å²) in [6.45, 7) is 0.143. The zero-order valence-electron chi connectivity index (χ0n) is 8.21. The molecule has 0 amide bonds. The summed E-state index contributed by atoms with van der Waals surface area (Å²) < 4.78 is 0. The molecule has 0 aliphatic carbocycles. The predicted molar refractivity (Wildman–Crippen MR) is 56.8 cm³/mol. The Hall–Kier alpha value is -0.900. The fourth-order valence-electron chi connectivity index (χ4n) is 0.920. The molecule has 0 heterocycles. The number of rotatable bonds is 7. The Morgan fingerprint density at radius 2 is 1.57 bits per heavy atom. The summed E-state index contributed by atoms with van der Waals surface area (Å²) in [5, 5.41) is 25.9. The van der Waals surface area contributed by atoms with Gasteiger partial charge in [-0.05, 0) is 6.42 Å². The first-order valence-corrected chi connectivity index (χ1v) is 4.66. The van der Waals surface area contributed by atoms with E-state index in [1.54, 1.807) is 24.3 Å². The van der Waals surface area contributed by atoms with Crippen molar-refractivity contribution in [2.24, 2.45) is 5.92 Å². The van der Waals surface area contributed by atoms with Gasteiger partial charge < -0.3 is 15.3 Å². The summed E-state index contributed by atoms with van der Waals surface area (Å²) in [4.78, 5) is 0. The first-order valence-electron chi connectivity index (χ1n) is 4.66. The van der Waals surface area contributed by atoms with Crippen LogP contribution in [0.1, 0.15) is 6.42 Å². The van der Waals surface area contributed by atoms with E-state index in [0.29, 0.717) is 6.42 Å². The van der Waals surface area contributed by atoms with Gasteiger partial charge in [-0.15, -0.1) is 0 Å². The van der Waals surface area contributed by atoms with Crippen LogP contribution in [-0.4, -0.2) is 35.1 Å². The maximum atomic E-state index is 8.96. The number of allylic oxidation sites excluding steroid dienone is 3. The minimum Gasteiger partial charge on any atom is -0.396 e. The lowest BCUT2D eigenvalue weighted by molar-refractivity contribution is 0.253. The second-order valence-corrected chi connectivity index (χ2v) is 2.83. The van der Waals surface area contributed by atoms with Crippen LogP contribution in [0.4, 0.5) is 0 Å². The molecule has 0 aliphatic heterocycles. The lowest BCUT2D eigenvalue weighted by atomic mass is 10.1. The monoisotopic (exact) mass is 198 g/mol. The van der Waals surface area contributed by atoms with Crippen LogP contribution in [0.2, 0.25) is 0 Å². The second-order valence-electron chi connectivity index (χ2n) is 2.83. The molecular formula is C11H18O3. The van der Waals surface area contributed by atoms with Crippen LogP contribution in [0.15, 0.2) is 36.5 Å². The molecule has 0 fully saturated rings. The van der Waals surface area contributed by atoms with Gasteiger partial charge in [0, 0.05) is 12.5 Å². The van der Waals surface area contributed by atoms with Crippen molar-refractivity contribution in [3.63, 3.8) is 0 Å². The SMILES string of the molecule is OCC=CC=CC(CO)CC=CCO. The summed E-state index contributed by atoms with van der Waals surface area (Å²) in [6, 6.07) is 0. The number of aliphatic hydroxyl groups excluding tert-OH is 3. The number of hydrogen-bond donors (Lipinski definition) is 3. The molecule has 14 heavy (non-hydrogen) atoms. The predicted octanol–water partition coefficient (Wildman–Crippen LogP) is 0.638. The normalized spacial score (nSPS) is 14.8. The molecule has 0 aromatic heterocycles. The third kappa shape index (κ3) is 7.73. The first-order chi connectivity index (χ1) is 6.85.